The van der Waals surface area contributed by atoms with Gasteiger partial charge in [0.25, 0.3) is 5.91 Å². The molecule has 0 spiro atoms. The zero-order chi connectivity index (χ0) is 21.8. The summed E-state index contributed by atoms with van der Waals surface area (Å²) in [4.78, 5) is 24.8. The van der Waals surface area contributed by atoms with Gasteiger partial charge in [0.2, 0.25) is 12.7 Å². The van der Waals surface area contributed by atoms with Crippen LogP contribution in [0.5, 0.6) is 11.5 Å². The molecule has 4 rings (SSSR count). The lowest BCUT2D eigenvalue weighted by Crippen LogP contribution is -2.43. The molecule has 2 aromatic carbocycles. The van der Waals surface area contributed by atoms with Crippen LogP contribution in [0.1, 0.15) is 43.0 Å². The minimum absolute atomic E-state index is 0.0420. The minimum atomic E-state index is -0.500. The molecule has 1 heterocycles. The molecule has 0 unspecified atom stereocenters. The second-order valence-electron chi connectivity index (χ2n) is 8.01. The Balaban J connectivity index is 1.35. The van der Waals surface area contributed by atoms with E-state index in [2.05, 4.69) is 22.9 Å². The first kappa shape index (κ1) is 21.0. The quantitative estimate of drug-likeness (QED) is 0.651. The van der Waals surface area contributed by atoms with Crippen molar-refractivity contribution in [1.29, 1.82) is 0 Å². The average Bonchev–Trinajstić information content (AvgIpc) is 3.23. The molecule has 1 fully saturated rings. The number of benzene rings is 2. The zero-order valence-electron chi connectivity index (χ0n) is 17.4. The van der Waals surface area contributed by atoms with E-state index in [-0.39, 0.29) is 36.9 Å². The first-order chi connectivity index (χ1) is 15.0. The third-order valence-electron chi connectivity index (χ3n) is 5.76. The molecule has 0 aromatic heterocycles. The molecule has 0 bridgehead atoms. The molecular formula is C23H26FN3O4. The van der Waals surface area contributed by atoms with E-state index in [0.717, 1.165) is 19.3 Å². The van der Waals surface area contributed by atoms with Crippen LogP contribution in [0.2, 0.25) is 0 Å². The van der Waals surface area contributed by atoms with E-state index in [4.69, 9.17) is 9.47 Å². The number of ether oxygens (including phenoxy) is 2. The maximum Gasteiger partial charge on any atom is 0.255 e. The largest absolute Gasteiger partial charge is 0.454 e. The molecule has 0 saturated heterocycles. The Kier molecular flexibility index (Phi) is 6.25. The highest BCUT2D eigenvalue weighted by Crippen LogP contribution is 2.32. The molecular weight excluding hydrogens is 401 g/mol. The Morgan fingerprint density at radius 1 is 1.06 bits per heavy atom. The van der Waals surface area contributed by atoms with Crippen LogP contribution in [0.3, 0.4) is 0 Å². The van der Waals surface area contributed by atoms with Crippen LogP contribution >= 0.6 is 0 Å². The van der Waals surface area contributed by atoms with E-state index in [1.54, 1.807) is 18.2 Å². The molecule has 31 heavy (non-hydrogen) atoms. The molecule has 2 aliphatic rings. The fourth-order valence-corrected chi connectivity index (χ4v) is 3.94. The Bertz CT molecular complexity index is 981. The second-order valence-corrected chi connectivity index (χ2v) is 8.01. The second kappa shape index (κ2) is 9.24. The summed E-state index contributed by atoms with van der Waals surface area (Å²) in [5.74, 6) is 0.509. The monoisotopic (exact) mass is 427 g/mol. The molecule has 3 N–H and O–H groups in total. The molecule has 1 saturated carbocycles. The van der Waals surface area contributed by atoms with Gasteiger partial charge >= 0.3 is 0 Å². The summed E-state index contributed by atoms with van der Waals surface area (Å²) in [6.45, 7) is 2.23. The topological polar surface area (TPSA) is 88.7 Å². The molecule has 2 atom stereocenters. The van der Waals surface area contributed by atoms with E-state index < -0.39 is 5.82 Å². The lowest BCUT2D eigenvalue weighted by Gasteiger charge is -2.29. The summed E-state index contributed by atoms with van der Waals surface area (Å²) in [6, 6.07) is 9.24. The van der Waals surface area contributed by atoms with E-state index in [0.29, 0.717) is 28.7 Å². The van der Waals surface area contributed by atoms with Crippen LogP contribution in [0.25, 0.3) is 0 Å². The van der Waals surface area contributed by atoms with E-state index in [1.807, 2.05) is 0 Å². The number of amides is 2. The van der Waals surface area contributed by atoms with Crippen molar-refractivity contribution in [2.45, 2.75) is 38.6 Å². The Morgan fingerprint density at radius 2 is 1.87 bits per heavy atom. The highest BCUT2D eigenvalue weighted by Gasteiger charge is 2.22. The van der Waals surface area contributed by atoms with Crippen molar-refractivity contribution in [3.05, 3.63) is 47.8 Å². The number of rotatable bonds is 6. The summed E-state index contributed by atoms with van der Waals surface area (Å²) in [5, 5.41) is 8.59. The number of halogens is 1. The normalized spacial score (nSPS) is 19.5. The maximum atomic E-state index is 14.2. The SMILES string of the molecule is C[C@@H]1CCCC[C@H]1NC(=O)CNc1cc(NC(=O)c2ccc3c(c2)OCO3)ccc1F. The van der Waals surface area contributed by atoms with Crippen molar-refractivity contribution in [3.8, 4) is 11.5 Å². The van der Waals surface area contributed by atoms with Crippen molar-refractivity contribution in [2.24, 2.45) is 5.92 Å². The van der Waals surface area contributed by atoms with Gasteiger partial charge in [-0.1, -0.05) is 19.8 Å². The fourth-order valence-electron chi connectivity index (χ4n) is 3.94. The average molecular weight is 427 g/mol. The number of anilines is 2. The standard InChI is InChI=1S/C23H26FN3O4/c1-14-4-2-3-5-18(14)27-22(28)12-25-19-11-16(7-8-17(19)24)26-23(29)15-6-9-20-21(10-15)31-13-30-20/h6-11,14,18,25H,2-5,12-13H2,1H3,(H,26,29)(H,27,28)/t14-,18-/m1/s1. The molecule has 1 aliphatic carbocycles. The first-order valence-electron chi connectivity index (χ1n) is 10.5. The summed E-state index contributed by atoms with van der Waals surface area (Å²) in [7, 11) is 0. The highest BCUT2D eigenvalue weighted by molar-refractivity contribution is 6.05. The number of hydrogen-bond acceptors (Lipinski definition) is 5. The maximum absolute atomic E-state index is 14.2. The third kappa shape index (κ3) is 5.07. The first-order valence-corrected chi connectivity index (χ1v) is 10.5. The lowest BCUT2D eigenvalue weighted by molar-refractivity contribution is -0.120. The molecule has 2 aromatic rings. The van der Waals surface area contributed by atoms with Gasteiger partial charge in [-0.25, -0.2) is 4.39 Å². The van der Waals surface area contributed by atoms with Crippen molar-refractivity contribution in [1.82, 2.24) is 5.32 Å². The Labute approximate surface area is 180 Å². The summed E-state index contributed by atoms with van der Waals surface area (Å²) >= 11 is 0. The molecule has 1 aliphatic heterocycles. The number of fused-ring (bicyclic) bond motifs is 1. The number of nitrogens with one attached hydrogen (secondary N) is 3. The Morgan fingerprint density at radius 3 is 2.71 bits per heavy atom. The summed E-state index contributed by atoms with van der Waals surface area (Å²) in [5.41, 5.74) is 0.951. The van der Waals surface area contributed by atoms with Crippen LogP contribution in [0.4, 0.5) is 15.8 Å². The van der Waals surface area contributed by atoms with Gasteiger partial charge in [-0.3, -0.25) is 9.59 Å². The highest BCUT2D eigenvalue weighted by atomic mass is 19.1. The molecule has 2 amide bonds. The zero-order valence-corrected chi connectivity index (χ0v) is 17.4. The van der Waals surface area contributed by atoms with Gasteiger partial charge in [0.15, 0.2) is 11.5 Å². The number of carbonyl (C=O) groups excluding carboxylic acids is 2. The fraction of sp³-hybridized carbons (Fsp3) is 0.391. The van der Waals surface area contributed by atoms with Crippen LogP contribution in [0.15, 0.2) is 36.4 Å². The minimum Gasteiger partial charge on any atom is -0.454 e. The van der Waals surface area contributed by atoms with Crippen molar-refractivity contribution < 1.29 is 23.5 Å². The predicted octanol–water partition coefficient (Wildman–Crippen LogP) is 3.91. The smallest absolute Gasteiger partial charge is 0.255 e. The van der Waals surface area contributed by atoms with Crippen LogP contribution in [-0.2, 0) is 4.79 Å². The third-order valence-corrected chi connectivity index (χ3v) is 5.76. The van der Waals surface area contributed by atoms with Crippen molar-refractivity contribution >= 4 is 23.2 Å². The van der Waals surface area contributed by atoms with E-state index in [9.17, 15) is 14.0 Å². The van der Waals surface area contributed by atoms with Crippen LogP contribution < -0.4 is 25.4 Å². The van der Waals surface area contributed by atoms with Gasteiger partial charge in [0, 0.05) is 17.3 Å². The molecule has 8 heteroatoms. The van der Waals surface area contributed by atoms with Crippen LogP contribution in [-0.4, -0.2) is 31.2 Å². The summed E-state index contributed by atoms with van der Waals surface area (Å²) < 4.78 is 24.7. The molecule has 0 radical (unpaired) electrons. The van der Waals surface area contributed by atoms with Gasteiger partial charge < -0.3 is 25.4 Å². The molecule has 7 nitrogen and oxygen atoms in total. The van der Waals surface area contributed by atoms with Crippen molar-refractivity contribution in [2.75, 3.05) is 24.0 Å². The number of hydrogen-bond donors (Lipinski definition) is 3. The van der Waals surface area contributed by atoms with Gasteiger partial charge in [-0.2, -0.15) is 0 Å². The van der Waals surface area contributed by atoms with Crippen LogP contribution in [0, 0.1) is 11.7 Å². The van der Waals surface area contributed by atoms with Crippen molar-refractivity contribution in [3.63, 3.8) is 0 Å². The van der Waals surface area contributed by atoms with Gasteiger partial charge in [0.05, 0.1) is 12.2 Å². The van der Waals surface area contributed by atoms with Gasteiger partial charge in [0.1, 0.15) is 5.82 Å². The predicted molar refractivity (Wildman–Crippen MR) is 115 cm³/mol. The van der Waals surface area contributed by atoms with E-state index >= 15 is 0 Å². The Hall–Kier alpha value is -3.29. The molecule has 164 valence electrons. The van der Waals surface area contributed by atoms with Gasteiger partial charge in [-0.15, -0.1) is 0 Å². The van der Waals surface area contributed by atoms with Gasteiger partial charge in [-0.05, 0) is 55.2 Å². The lowest BCUT2D eigenvalue weighted by atomic mass is 9.86. The summed E-state index contributed by atoms with van der Waals surface area (Å²) in [6.07, 6.45) is 4.39. The van der Waals surface area contributed by atoms with E-state index in [1.165, 1.54) is 24.6 Å². The number of carbonyl (C=O) groups is 2.